The summed E-state index contributed by atoms with van der Waals surface area (Å²) < 4.78 is 1.16. The van der Waals surface area contributed by atoms with Crippen LogP contribution in [0.1, 0.15) is 23.2 Å². The summed E-state index contributed by atoms with van der Waals surface area (Å²) in [6.45, 7) is 1.01. The van der Waals surface area contributed by atoms with Crippen molar-refractivity contribution in [1.29, 1.82) is 0 Å². The van der Waals surface area contributed by atoms with E-state index in [9.17, 15) is 14.7 Å². The summed E-state index contributed by atoms with van der Waals surface area (Å²) in [6.07, 6.45) is 2.44. The third-order valence-corrected chi connectivity index (χ3v) is 4.05. The van der Waals surface area contributed by atoms with Gasteiger partial charge in [0.25, 0.3) is 0 Å². The SMILES string of the molecule is O=C(CNCC1CC1)Nc1c(Br)cc(Br)cc1C(=O)O. The maximum absolute atomic E-state index is 11.8. The minimum absolute atomic E-state index is 0.0433. The first-order valence-electron chi connectivity index (χ1n) is 6.20. The van der Waals surface area contributed by atoms with Crippen molar-refractivity contribution < 1.29 is 14.7 Å². The minimum Gasteiger partial charge on any atom is -0.478 e. The Morgan fingerprint density at radius 2 is 2.00 bits per heavy atom. The van der Waals surface area contributed by atoms with Gasteiger partial charge in [0.2, 0.25) is 5.91 Å². The second-order valence-electron chi connectivity index (χ2n) is 4.74. The highest BCUT2D eigenvalue weighted by Crippen LogP contribution is 2.31. The van der Waals surface area contributed by atoms with Crippen molar-refractivity contribution in [2.24, 2.45) is 5.92 Å². The molecule has 1 aliphatic carbocycles. The van der Waals surface area contributed by atoms with Gasteiger partial charge < -0.3 is 15.7 Å². The largest absolute Gasteiger partial charge is 0.478 e. The van der Waals surface area contributed by atoms with E-state index in [-0.39, 0.29) is 23.7 Å². The molecule has 20 heavy (non-hydrogen) atoms. The predicted octanol–water partition coefficient (Wildman–Crippen LogP) is 2.85. The van der Waals surface area contributed by atoms with Crippen LogP contribution in [0.15, 0.2) is 21.1 Å². The number of benzene rings is 1. The lowest BCUT2D eigenvalue weighted by atomic mass is 10.2. The molecule has 1 saturated carbocycles. The van der Waals surface area contributed by atoms with Crippen LogP contribution in [-0.2, 0) is 4.79 Å². The third kappa shape index (κ3) is 4.29. The first-order valence-corrected chi connectivity index (χ1v) is 7.79. The van der Waals surface area contributed by atoms with Crippen molar-refractivity contribution in [2.45, 2.75) is 12.8 Å². The van der Waals surface area contributed by atoms with Crippen molar-refractivity contribution >= 4 is 49.4 Å². The van der Waals surface area contributed by atoms with Crippen molar-refractivity contribution in [3.63, 3.8) is 0 Å². The van der Waals surface area contributed by atoms with Gasteiger partial charge in [-0.1, -0.05) is 15.9 Å². The molecule has 0 atom stereocenters. The van der Waals surface area contributed by atoms with Crippen molar-refractivity contribution in [3.05, 3.63) is 26.6 Å². The lowest BCUT2D eigenvalue weighted by Gasteiger charge is -2.12. The van der Waals surface area contributed by atoms with E-state index < -0.39 is 5.97 Å². The smallest absolute Gasteiger partial charge is 0.337 e. The van der Waals surface area contributed by atoms with E-state index in [0.29, 0.717) is 14.9 Å². The Morgan fingerprint density at radius 3 is 2.60 bits per heavy atom. The lowest BCUT2D eigenvalue weighted by Crippen LogP contribution is -2.30. The number of carboxylic acid groups (broad SMARTS) is 1. The number of anilines is 1. The zero-order chi connectivity index (χ0) is 14.7. The highest BCUT2D eigenvalue weighted by Gasteiger charge is 2.21. The van der Waals surface area contributed by atoms with E-state index in [1.807, 2.05) is 0 Å². The maximum atomic E-state index is 11.8. The Bertz CT molecular complexity index is 545. The summed E-state index contributed by atoms with van der Waals surface area (Å²) in [5.41, 5.74) is 0.320. The van der Waals surface area contributed by atoms with E-state index in [1.165, 1.54) is 18.9 Å². The molecule has 0 aliphatic heterocycles. The van der Waals surface area contributed by atoms with Gasteiger partial charge in [0, 0.05) is 8.95 Å². The molecule has 3 N–H and O–H groups in total. The molecule has 5 nitrogen and oxygen atoms in total. The fourth-order valence-corrected chi connectivity index (χ4v) is 3.09. The lowest BCUT2D eigenvalue weighted by molar-refractivity contribution is -0.115. The molecule has 0 spiro atoms. The van der Waals surface area contributed by atoms with E-state index in [1.54, 1.807) is 6.07 Å². The molecule has 0 aromatic heterocycles. The summed E-state index contributed by atoms with van der Waals surface area (Å²) in [5, 5.41) is 14.9. The van der Waals surface area contributed by atoms with Gasteiger partial charge in [0.15, 0.2) is 0 Å². The molecule has 0 heterocycles. The van der Waals surface area contributed by atoms with Crippen molar-refractivity contribution in [1.82, 2.24) is 5.32 Å². The van der Waals surface area contributed by atoms with Crippen LogP contribution in [0.5, 0.6) is 0 Å². The number of carbonyl (C=O) groups is 2. The van der Waals surface area contributed by atoms with Crippen LogP contribution in [-0.4, -0.2) is 30.1 Å². The Hall–Kier alpha value is -0.920. The van der Waals surface area contributed by atoms with Crippen LogP contribution >= 0.6 is 31.9 Å². The number of halogens is 2. The summed E-state index contributed by atoms with van der Waals surface area (Å²) in [6, 6.07) is 3.15. The fourth-order valence-electron chi connectivity index (χ4n) is 1.76. The number of nitrogens with one attached hydrogen (secondary N) is 2. The molecule has 0 bridgehead atoms. The number of carboxylic acids is 1. The fraction of sp³-hybridized carbons (Fsp3) is 0.385. The highest BCUT2D eigenvalue weighted by atomic mass is 79.9. The van der Waals surface area contributed by atoms with Gasteiger partial charge in [0.1, 0.15) is 0 Å². The summed E-state index contributed by atoms with van der Waals surface area (Å²) in [7, 11) is 0. The zero-order valence-electron chi connectivity index (χ0n) is 10.6. The number of rotatable bonds is 6. The first-order chi connectivity index (χ1) is 9.47. The third-order valence-electron chi connectivity index (χ3n) is 2.97. The first kappa shape index (κ1) is 15.5. The zero-order valence-corrected chi connectivity index (χ0v) is 13.8. The number of hydrogen-bond donors (Lipinski definition) is 3. The van der Waals surface area contributed by atoms with Gasteiger partial charge in [-0.15, -0.1) is 0 Å². The van der Waals surface area contributed by atoms with E-state index in [4.69, 9.17) is 0 Å². The van der Waals surface area contributed by atoms with Crippen LogP contribution in [0.25, 0.3) is 0 Å². The molecular weight excluding hydrogens is 392 g/mol. The molecule has 0 saturated heterocycles. The topological polar surface area (TPSA) is 78.4 Å². The van der Waals surface area contributed by atoms with Crippen molar-refractivity contribution in [3.8, 4) is 0 Å². The standard InChI is InChI=1S/C13H14Br2N2O3/c14-8-3-9(13(19)20)12(10(15)4-8)17-11(18)6-16-5-7-1-2-7/h3-4,7,16H,1-2,5-6H2,(H,17,18)(H,19,20). The highest BCUT2D eigenvalue weighted by molar-refractivity contribution is 9.11. The van der Waals surface area contributed by atoms with Crippen LogP contribution in [0.4, 0.5) is 5.69 Å². The maximum Gasteiger partial charge on any atom is 0.337 e. The average Bonchev–Trinajstić information content (AvgIpc) is 3.16. The minimum atomic E-state index is -1.09. The predicted molar refractivity (Wildman–Crippen MR) is 83.0 cm³/mol. The van der Waals surface area contributed by atoms with Gasteiger partial charge >= 0.3 is 5.97 Å². The Morgan fingerprint density at radius 1 is 1.30 bits per heavy atom. The molecule has 7 heteroatoms. The molecule has 1 aromatic rings. The van der Waals surface area contributed by atoms with E-state index >= 15 is 0 Å². The molecule has 1 aliphatic rings. The molecule has 1 amide bonds. The second-order valence-corrected chi connectivity index (χ2v) is 6.51. The van der Waals surface area contributed by atoms with Crippen molar-refractivity contribution in [2.75, 3.05) is 18.4 Å². The second kappa shape index (κ2) is 6.69. The van der Waals surface area contributed by atoms with Crippen LogP contribution in [0, 0.1) is 5.92 Å². The van der Waals surface area contributed by atoms with E-state index in [2.05, 4.69) is 42.5 Å². The van der Waals surface area contributed by atoms with Crippen LogP contribution in [0.2, 0.25) is 0 Å². The van der Waals surface area contributed by atoms with E-state index in [0.717, 1.165) is 6.54 Å². The van der Waals surface area contributed by atoms with Crippen LogP contribution in [0.3, 0.4) is 0 Å². The Balaban J connectivity index is 2.03. The van der Waals surface area contributed by atoms with Gasteiger partial charge in [-0.2, -0.15) is 0 Å². The van der Waals surface area contributed by atoms with Crippen LogP contribution < -0.4 is 10.6 Å². The summed E-state index contributed by atoms with van der Waals surface area (Å²) in [5.74, 6) is -0.652. The number of amides is 1. The quantitative estimate of drug-likeness (QED) is 0.679. The molecule has 0 unspecified atom stereocenters. The number of aromatic carboxylic acids is 1. The van der Waals surface area contributed by atoms with Gasteiger partial charge in [-0.25, -0.2) is 4.79 Å². The summed E-state index contributed by atoms with van der Waals surface area (Å²) >= 11 is 6.50. The number of carbonyl (C=O) groups excluding carboxylic acids is 1. The average molecular weight is 406 g/mol. The molecule has 2 rings (SSSR count). The summed E-state index contributed by atoms with van der Waals surface area (Å²) in [4.78, 5) is 23.0. The van der Waals surface area contributed by atoms with Gasteiger partial charge in [-0.05, 0) is 53.4 Å². The monoisotopic (exact) mass is 404 g/mol. The molecule has 1 fully saturated rings. The Kier molecular flexibility index (Phi) is 5.17. The molecule has 108 valence electrons. The molecular formula is C13H14Br2N2O3. The molecule has 1 aromatic carbocycles. The van der Waals surface area contributed by atoms with Gasteiger partial charge in [0.05, 0.1) is 17.8 Å². The van der Waals surface area contributed by atoms with Gasteiger partial charge in [-0.3, -0.25) is 4.79 Å². The number of hydrogen-bond acceptors (Lipinski definition) is 3. The normalized spacial score (nSPS) is 14.1. The molecule has 0 radical (unpaired) electrons. The Labute approximate surface area is 133 Å².